The number of carbonyl (C=O) groups is 1. The molecule has 0 aliphatic heterocycles. The van der Waals surface area contributed by atoms with E-state index in [0.29, 0.717) is 11.5 Å². The van der Waals surface area contributed by atoms with Gasteiger partial charge in [0.25, 0.3) is 5.91 Å². The van der Waals surface area contributed by atoms with E-state index in [2.05, 4.69) is 0 Å². The number of rotatable bonds is 5. The van der Waals surface area contributed by atoms with Crippen molar-refractivity contribution in [3.63, 3.8) is 0 Å². The molecule has 0 heterocycles. The number of hydrogen-bond acceptors (Lipinski definition) is 4. The first-order valence-electron chi connectivity index (χ1n) is 6.68. The molecule has 23 heavy (non-hydrogen) atoms. The van der Waals surface area contributed by atoms with Gasteiger partial charge in [0, 0.05) is 5.56 Å². The average Bonchev–Trinajstić information content (AvgIpc) is 2.54. The van der Waals surface area contributed by atoms with Crippen molar-refractivity contribution in [2.45, 2.75) is 0 Å². The summed E-state index contributed by atoms with van der Waals surface area (Å²) in [6.07, 6.45) is 3.12. The molecule has 120 valence electrons. The third-order valence-electron chi connectivity index (χ3n) is 3.23. The Kier molecular flexibility index (Phi) is 4.85. The Hall–Kier alpha value is -3.02. The molecule has 5 nitrogen and oxygen atoms in total. The van der Waals surface area contributed by atoms with Crippen LogP contribution in [0.4, 0.5) is 4.39 Å². The van der Waals surface area contributed by atoms with Crippen molar-refractivity contribution in [2.24, 2.45) is 5.73 Å². The number of benzene rings is 2. The first-order valence-corrected chi connectivity index (χ1v) is 6.68. The van der Waals surface area contributed by atoms with Crippen molar-refractivity contribution in [2.75, 3.05) is 14.2 Å². The number of phenols is 1. The zero-order valence-electron chi connectivity index (χ0n) is 12.7. The zero-order valence-corrected chi connectivity index (χ0v) is 12.7. The fourth-order valence-corrected chi connectivity index (χ4v) is 2.08. The molecule has 0 saturated heterocycles. The van der Waals surface area contributed by atoms with E-state index in [1.807, 2.05) is 0 Å². The summed E-state index contributed by atoms with van der Waals surface area (Å²) in [6.45, 7) is 0. The minimum atomic E-state index is -0.900. The first-order chi connectivity index (χ1) is 11.0. The van der Waals surface area contributed by atoms with Crippen LogP contribution in [0.5, 0.6) is 17.2 Å². The lowest BCUT2D eigenvalue weighted by atomic mass is 10.1. The van der Waals surface area contributed by atoms with Crippen LogP contribution < -0.4 is 15.2 Å². The lowest BCUT2D eigenvalue weighted by molar-refractivity contribution is 0.0997. The van der Waals surface area contributed by atoms with Gasteiger partial charge in [-0.25, -0.2) is 4.39 Å². The van der Waals surface area contributed by atoms with E-state index in [1.165, 1.54) is 20.3 Å². The molecule has 0 aromatic heterocycles. The van der Waals surface area contributed by atoms with Crippen molar-refractivity contribution in [1.82, 2.24) is 0 Å². The van der Waals surface area contributed by atoms with Gasteiger partial charge in [-0.15, -0.1) is 0 Å². The number of carbonyl (C=O) groups excluding carboxylic acids is 1. The molecular formula is C17H16FNO4. The summed E-state index contributed by atoms with van der Waals surface area (Å²) in [6, 6.07) is 7.22. The van der Waals surface area contributed by atoms with Gasteiger partial charge in [-0.2, -0.15) is 0 Å². The quantitative estimate of drug-likeness (QED) is 0.831. The molecule has 0 fully saturated rings. The number of primary amides is 1. The predicted octanol–water partition coefficient (Wildman–Crippen LogP) is 2.82. The molecule has 2 aromatic carbocycles. The van der Waals surface area contributed by atoms with Crippen molar-refractivity contribution >= 4 is 18.1 Å². The number of hydrogen-bond donors (Lipinski definition) is 2. The Labute approximate surface area is 132 Å². The largest absolute Gasteiger partial charge is 0.506 e. The van der Waals surface area contributed by atoms with Crippen LogP contribution in [0, 0.1) is 5.82 Å². The van der Waals surface area contributed by atoms with Gasteiger partial charge in [0.2, 0.25) is 0 Å². The SMILES string of the molecule is COc1ccc(/C=C/c2cc(F)cc(C(N)=O)c2O)cc1OC. The molecule has 0 unspecified atom stereocenters. The second-order valence-corrected chi connectivity index (χ2v) is 4.70. The standard InChI is InChI=1S/C17H16FNO4/c1-22-14-6-4-10(7-15(14)23-2)3-5-11-8-12(18)9-13(16(11)20)17(19)21/h3-9,20H,1-2H3,(H2,19,21)/b5-3+. The Balaban J connectivity index is 2.39. The van der Waals surface area contributed by atoms with Gasteiger partial charge in [0.1, 0.15) is 11.6 Å². The number of methoxy groups -OCH3 is 2. The van der Waals surface area contributed by atoms with E-state index in [4.69, 9.17) is 15.2 Å². The summed E-state index contributed by atoms with van der Waals surface area (Å²) < 4.78 is 23.9. The van der Waals surface area contributed by atoms with Crippen LogP contribution in [0.2, 0.25) is 0 Å². The maximum Gasteiger partial charge on any atom is 0.252 e. The van der Waals surface area contributed by atoms with Crippen LogP contribution >= 0.6 is 0 Å². The summed E-state index contributed by atoms with van der Waals surface area (Å²) in [4.78, 5) is 11.2. The molecular weight excluding hydrogens is 301 g/mol. The van der Waals surface area contributed by atoms with Crippen LogP contribution in [0.1, 0.15) is 21.5 Å². The van der Waals surface area contributed by atoms with E-state index in [0.717, 1.165) is 17.7 Å². The lowest BCUT2D eigenvalue weighted by Crippen LogP contribution is -2.11. The molecule has 0 aliphatic rings. The summed E-state index contributed by atoms with van der Waals surface area (Å²) in [7, 11) is 3.05. The van der Waals surface area contributed by atoms with E-state index in [-0.39, 0.29) is 16.9 Å². The van der Waals surface area contributed by atoms with Crippen molar-refractivity contribution in [3.05, 3.63) is 52.8 Å². The maximum atomic E-state index is 13.5. The average molecular weight is 317 g/mol. The second kappa shape index (κ2) is 6.83. The fraction of sp³-hybridized carbons (Fsp3) is 0.118. The molecule has 6 heteroatoms. The van der Waals surface area contributed by atoms with Gasteiger partial charge >= 0.3 is 0 Å². The molecule has 0 atom stereocenters. The number of aromatic hydroxyl groups is 1. The van der Waals surface area contributed by atoms with E-state index in [1.54, 1.807) is 24.3 Å². The molecule has 0 saturated carbocycles. The van der Waals surface area contributed by atoms with Gasteiger partial charge in [-0.3, -0.25) is 4.79 Å². The van der Waals surface area contributed by atoms with Crippen LogP contribution in [-0.4, -0.2) is 25.2 Å². The van der Waals surface area contributed by atoms with Crippen molar-refractivity contribution < 1.29 is 23.8 Å². The van der Waals surface area contributed by atoms with Crippen molar-refractivity contribution in [3.8, 4) is 17.2 Å². The minimum absolute atomic E-state index is 0.147. The van der Waals surface area contributed by atoms with Crippen LogP contribution in [0.15, 0.2) is 30.3 Å². The third-order valence-corrected chi connectivity index (χ3v) is 3.23. The second-order valence-electron chi connectivity index (χ2n) is 4.70. The molecule has 0 aliphatic carbocycles. The number of amides is 1. The van der Waals surface area contributed by atoms with Crippen LogP contribution in [-0.2, 0) is 0 Å². The zero-order chi connectivity index (χ0) is 17.0. The molecule has 0 bridgehead atoms. The first kappa shape index (κ1) is 16.4. The highest BCUT2D eigenvalue weighted by atomic mass is 19.1. The third kappa shape index (κ3) is 3.60. The fourth-order valence-electron chi connectivity index (χ4n) is 2.08. The molecule has 1 amide bonds. The van der Waals surface area contributed by atoms with Gasteiger partial charge < -0.3 is 20.3 Å². The molecule has 0 spiro atoms. The normalized spacial score (nSPS) is 10.7. The van der Waals surface area contributed by atoms with E-state index >= 15 is 0 Å². The Morgan fingerprint density at radius 3 is 2.43 bits per heavy atom. The van der Waals surface area contributed by atoms with Gasteiger partial charge in [0.05, 0.1) is 19.8 Å². The summed E-state index contributed by atoms with van der Waals surface area (Å²) >= 11 is 0. The van der Waals surface area contributed by atoms with Crippen LogP contribution in [0.3, 0.4) is 0 Å². The van der Waals surface area contributed by atoms with Gasteiger partial charge in [0.15, 0.2) is 11.5 Å². The predicted molar refractivity (Wildman–Crippen MR) is 85.1 cm³/mol. The maximum absolute atomic E-state index is 13.5. The number of nitrogens with two attached hydrogens (primary N) is 1. The Morgan fingerprint density at radius 1 is 1.13 bits per heavy atom. The Morgan fingerprint density at radius 2 is 1.83 bits per heavy atom. The van der Waals surface area contributed by atoms with Gasteiger partial charge in [-0.1, -0.05) is 18.2 Å². The van der Waals surface area contributed by atoms with E-state index < -0.39 is 11.7 Å². The van der Waals surface area contributed by atoms with Crippen molar-refractivity contribution in [1.29, 1.82) is 0 Å². The number of halogens is 1. The molecule has 3 N–H and O–H groups in total. The van der Waals surface area contributed by atoms with E-state index in [9.17, 15) is 14.3 Å². The van der Waals surface area contributed by atoms with Crippen LogP contribution in [0.25, 0.3) is 12.2 Å². The molecule has 2 aromatic rings. The summed E-state index contributed by atoms with van der Waals surface area (Å²) in [5, 5.41) is 9.98. The highest BCUT2D eigenvalue weighted by Crippen LogP contribution is 2.29. The lowest BCUT2D eigenvalue weighted by Gasteiger charge is -2.08. The summed E-state index contributed by atoms with van der Waals surface area (Å²) in [5.41, 5.74) is 5.73. The smallest absolute Gasteiger partial charge is 0.252 e. The highest BCUT2D eigenvalue weighted by molar-refractivity contribution is 5.97. The minimum Gasteiger partial charge on any atom is -0.506 e. The molecule has 0 radical (unpaired) electrons. The number of ether oxygens (including phenoxy) is 2. The Bertz CT molecular complexity index is 771. The molecule has 2 rings (SSSR count). The monoisotopic (exact) mass is 317 g/mol. The topological polar surface area (TPSA) is 81.8 Å². The highest BCUT2D eigenvalue weighted by Gasteiger charge is 2.13. The van der Waals surface area contributed by atoms with Gasteiger partial charge in [-0.05, 0) is 29.8 Å². The summed E-state index contributed by atoms with van der Waals surface area (Å²) in [5.74, 6) is -0.813.